The van der Waals surface area contributed by atoms with Crippen molar-refractivity contribution in [2.45, 2.75) is 78.1 Å². The summed E-state index contributed by atoms with van der Waals surface area (Å²) in [5.74, 6) is 2.05. The SMILES string of the molecule is C/C=C(\C=C(/C)c1nc(C2=CCCC=C2)nc(-c2ccccc2)n1)c1cccc(-c2ccc(-c3cccc4c3C(/C=C(\C)C#N)=C(C)C43CCCCC3)cc2)c1. The van der Waals surface area contributed by atoms with Crippen LogP contribution in [-0.2, 0) is 5.41 Å². The summed E-state index contributed by atoms with van der Waals surface area (Å²) in [6.07, 6.45) is 21.2. The molecule has 1 spiro atoms. The van der Waals surface area contributed by atoms with Gasteiger partial charge in [0.1, 0.15) is 0 Å². The van der Waals surface area contributed by atoms with Gasteiger partial charge in [0.25, 0.3) is 0 Å². The molecule has 1 aromatic heterocycles. The standard InChI is InChI=1S/C52H48N4/c1-5-38(32-36(3)49-54-50(41-17-9-6-10-18-41)56-51(55-49)42-19-11-7-12-20-42)43-21-15-22-44(33-43)39-25-27-40(28-26-39)45-23-16-24-47-48(45)46(31-35(2)34-53)37(4)52(47)29-13-8-14-30-52/h5-6,9-11,15-28,31-33H,7-8,12-14,29-30H2,1-4H3/b35-31+,36-32+,38-5+. The molecule has 3 aliphatic carbocycles. The van der Waals surface area contributed by atoms with Crippen LogP contribution in [0.4, 0.5) is 0 Å². The number of nitriles is 1. The molecule has 4 aromatic carbocycles. The molecule has 0 unspecified atom stereocenters. The summed E-state index contributed by atoms with van der Waals surface area (Å²) in [4.78, 5) is 14.8. The van der Waals surface area contributed by atoms with E-state index in [0.717, 1.165) is 51.8 Å². The summed E-state index contributed by atoms with van der Waals surface area (Å²) in [7, 11) is 0. The summed E-state index contributed by atoms with van der Waals surface area (Å²) in [6, 6.07) is 37.1. The minimum absolute atomic E-state index is 0.0726. The second-order valence-electron chi connectivity index (χ2n) is 15.4. The van der Waals surface area contributed by atoms with Gasteiger partial charge in [0, 0.05) is 22.1 Å². The Bertz CT molecular complexity index is 2530. The summed E-state index contributed by atoms with van der Waals surface area (Å²) >= 11 is 0. The minimum Gasteiger partial charge on any atom is -0.209 e. The molecule has 1 fully saturated rings. The van der Waals surface area contributed by atoms with Gasteiger partial charge in [0.2, 0.25) is 0 Å². The Kier molecular flexibility index (Phi) is 10.4. The van der Waals surface area contributed by atoms with Gasteiger partial charge in [-0.2, -0.15) is 5.26 Å². The molecule has 0 N–H and O–H groups in total. The molecule has 1 heterocycles. The van der Waals surface area contributed by atoms with Crippen molar-refractivity contribution in [3.05, 3.63) is 173 Å². The van der Waals surface area contributed by atoms with Gasteiger partial charge in [-0.3, -0.25) is 0 Å². The lowest BCUT2D eigenvalue weighted by atomic mass is 9.67. The molecule has 0 atom stereocenters. The molecule has 0 amide bonds. The molecular weight excluding hydrogens is 681 g/mol. The van der Waals surface area contributed by atoms with Crippen molar-refractivity contribution >= 4 is 22.3 Å². The van der Waals surface area contributed by atoms with E-state index in [0.29, 0.717) is 17.5 Å². The Balaban J connectivity index is 1.11. The van der Waals surface area contributed by atoms with E-state index in [1.165, 1.54) is 71.1 Å². The zero-order valence-electron chi connectivity index (χ0n) is 32.9. The Hall–Kier alpha value is -6.18. The van der Waals surface area contributed by atoms with Gasteiger partial charge in [-0.05, 0) is 127 Å². The maximum Gasteiger partial charge on any atom is 0.164 e. The van der Waals surface area contributed by atoms with Gasteiger partial charge in [0.05, 0.1) is 6.07 Å². The predicted molar refractivity (Wildman–Crippen MR) is 233 cm³/mol. The Morgan fingerprint density at radius 3 is 2.21 bits per heavy atom. The van der Waals surface area contributed by atoms with Crippen molar-refractivity contribution in [3.63, 3.8) is 0 Å². The van der Waals surface area contributed by atoms with Crippen molar-refractivity contribution in [3.8, 4) is 39.7 Å². The lowest BCUT2D eigenvalue weighted by molar-refractivity contribution is 0.345. The molecule has 4 heteroatoms. The Labute approximate surface area is 332 Å². The number of allylic oxidation sites excluding steroid dienone is 12. The van der Waals surface area contributed by atoms with Crippen LogP contribution in [0.5, 0.6) is 0 Å². The van der Waals surface area contributed by atoms with Crippen LogP contribution in [0.25, 0.3) is 55.9 Å². The summed E-state index contributed by atoms with van der Waals surface area (Å²) in [5, 5.41) is 9.77. The van der Waals surface area contributed by atoms with Crippen LogP contribution in [0, 0.1) is 11.3 Å². The van der Waals surface area contributed by atoms with E-state index < -0.39 is 0 Å². The zero-order chi connectivity index (χ0) is 38.6. The van der Waals surface area contributed by atoms with E-state index in [2.05, 4.69) is 130 Å². The average Bonchev–Trinajstić information content (AvgIpc) is 3.48. The van der Waals surface area contributed by atoms with Crippen molar-refractivity contribution in [1.82, 2.24) is 15.0 Å². The van der Waals surface area contributed by atoms with Gasteiger partial charge in [-0.15, -0.1) is 0 Å². The van der Waals surface area contributed by atoms with Crippen LogP contribution in [0.1, 0.15) is 101 Å². The molecule has 1 saturated carbocycles. The minimum atomic E-state index is 0.0726. The molecular formula is C52H48N4. The maximum atomic E-state index is 9.77. The fourth-order valence-electron chi connectivity index (χ4n) is 8.89. The largest absolute Gasteiger partial charge is 0.209 e. The third kappa shape index (κ3) is 7.06. The molecule has 3 aliphatic rings. The van der Waals surface area contributed by atoms with Gasteiger partial charge < -0.3 is 0 Å². The highest BCUT2D eigenvalue weighted by atomic mass is 15.0. The molecule has 276 valence electrons. The second-order valence-corrected chi connectivity index (χ2v) is 15.4. The highest BCUT2D eigenvalue weighted by Gasteiger charge is 2.43. The molecule has 4 nitrogen and oxygen atoms in total. The van der Waals surface area contributed by atoms with E-state index in [-0.39, 0.29) is 5.41 Å². The number of hydrogen-bond donors (Lipinski definition) is 0. The average molecular weight is 729 g/mol. The van der Waals surface area contributed by atoms with Crippen LogP contribution in [0.15, 0.2) is 145 Å². The monoisotopic (exact) mass is 728 g/mol. The molecule has 0 aliphatic heterocycles. The highest BCUT2D eigenvalue weighted by molar-refractivity contribution is 5.95. The van der Waals surface area contributed by atoms with E-state index >= 15 is 0 Å². The first-order valence-corrected chi connectivity index (χ1v) is 20.1. The summed E-state index contributed by atoms with van der Waals surface area (Å²) < 4.78 is 0. The van der Waals surface area contributed by atoms with Gasteiger partial charge in [0.15, 0.2) is 17.5 Å². The lowest BCUT2D eigenvalue weighted by Crippen LogP contribution is -2.28. The smallest absolute Gasteiger partial charge is 0.164 e. The van der Waals surface area contributed by atoms with Crippen molar-refractivity contribution < 1.29 is 0 Å². The number of aromatic nitrogens is 3. The summed E-state index contributed by atoms with van der Waals surface area (Å²) in [6.45, 7) is 8.40. The Morgan fingerprint density at radius 1 is 0.750 bits per heavy atom. The van der Waals surface area contributed by atoms with Crippen LogP contribution >= 0.6 is 0 Å². The normalized spacial score (nSPS) is 16.8. The first kappa shape index (κ1) is 36.8. The molecule has 0 saturated heterocycles. The van der Waals surface area contributed by atoms with Gasteiger partial charge >= 0.3 is 0 Å². The first-order valence-electron chi connectivity index (χ1n) is 20.1. The molecule has 8 rings (SSSR count). The van der Waals surface area contributed by atoms with Crippen LogP contribution < -0.4 is 0 Å². The van der Waals surface area contributed by atoms with Gasteiger partial charge in [-0.25, -0.2) is 15.0 Å². The fourth-order valence-corrected chi connectivity index (χ4v) is 8.89. The number of nitrogens with zero attached hydrogens (tertiary/aromatic N) is 4. The van der Waals surface area contributed by atoms with Crippen molar-refractivity contribution in [1.29, 1.82) is 5.26 Å². The van der Waals surface area contributed by atoms with Crippen molar-refractivity contribution in [2.24, 2.45) is 0 Å². The highest BCUT2D eigenvalue weighted by Crippen LogP contribution is 2.56. The number of benzene rings is 4. The maximum absolute atomic E-state index is 9.77. The summed E-state index contributed by atoms with van der Waals surface area (Å²) in [5.41, 5.74) is 16.2. The van der Waals surface area contributed by atoms with Gasteiger partial charge in [-0.1, -0.05) is 140 Å². The van der Waals surface area contributed by atoms with Crippen molar-refractivity contribution in [2.75, 3.05) is 0 Å². The quantitative estimate of drug-likeness (QED) is 0.118. The molecule has 5 aromatic rings. The van der Waals surface area contributed by atoms with Crippen LogP contribution in [0.3, 0.4) is 0 Å². The molecule has 0 radical (unpaired) electrons. The van der Waals surface area contributed by atoms with Crippen LogP contribution in [0.2, 0.25) is 0 Å². The molecule has 56 heavy (non-hydrogen) atoms. The molecule has 0 bridgehead atoms. The third-order valence-corrected chi connectivity index (χ3v) is 11.9. The van der Waals surface area contributed by atoms with E-state index in [1.807, 2.05) is 37.3 Å². The topological polar surface area (TPSA) is 62.5 Å². The number of hydrogen-bond acceptors (Lipinski definition) is 4. The van der Waals surface area contributed by atoms with E-state index in [4.69, 9.17) is 15.0 Å². The second kappa shape index (κ2) is 15.9. The van der Waals surface area contributed by atoms with E-state index in [1.54, 1.807) is 0 Å². The fraction of sp³-hybridized carbons (Fsp3) is 0.231. The third-order valence-electron chi connectivity index (χ3n) is 11.9. The zero-order valence-corrected chi connectivity index (χ0v) is 32.9. The predicted octanol–water partition coefficient (Wildman–Crippen LogP) is 13.6. The number of fused-ring (bicyclic) bond motifs is 2. The number of rotatable bonds is 8. The Morgan fingerprint density at radius 2 is 1.48 bits per heavy atom. The van der Waals surface area contributed by atoms with E-state index in [9.17, 15) is 5.26 Å². The van der Waals surface area contributed by atoms with Crippen LogP contribution in [-0.4, -0.2) is 15.0 Å². The first-order chi connectivity index (χ1) is 27.4. The lowest BCUT2D eigenvalue weighted by Gasteiger charge is -2.36.